The van der Waals surface area contributed by atoms with E-state index in [1.807, 2.05) is 6.92 Å². The SMILES string of the molecule is CCOC1CC(CC(=O)NC(CCN)COC)C1. The fourth-order valence-corrected chi connectivity index (χ4v) is 2.36. The number of rotatable bonds is 9. The van der Waals surface area contributed by atoms with Crippen LogP contribution < -0.4 is 11.1 Å². The predicted octanol–water partition coefficient (Wildman–Crippen LogP) is 0.672. The van der Waals surface area contributed by atoms with Crippen molar-refractivity contribution in [3.63, 3.8) is 0 Å². The molecule has 1 amide bonds. The van der Waals surface area contributed by atoms with Gasteiger partial charge in [-0.2, -0.15) is 0 Å². The summed E-state index contributed by atoms with van der Waals surface area (Å²) in [6.07, 6.45) is 3.73. The molecule has 1 atom stereocenters. The zero-order valence-corrected chi connectivity index (χ0v) is 11.5. The summed E-state index contributed by atoms with van der Waals surface area (Å²) in [6, 6.07) is 0.0373. The van der Waals surface area contributed by atoms with Crippen LogP contribution in [0.15, 0.2) is 0 Å². The topological polar surface area (TPSA) is 73.6 Å². The Balaban J connectivity index is 2.16. The molecule has 0 saturated heterocycles. The van der Waals surface area contributed by atoms with Crippen molar-refractivity contribution in [2.45, 2.75) is 44.8 Å². The molecule has 5 nitrogen and oxygen atoms in total. The fourth-order valence-electron chi connectivity index (χ4n) is 2.36. The smallest absolute Gasteiger partial charge is 0.220 e. The van der Waals surface area contributed by atoms with Gasteiger partial charge < -0.3 is 20.5 Å². The molecule has 1 fully saturated rings. The van der Waals surface area contributed by atoms with E-state index in [2.05, 4.69) is 5.32 Å². The normalized spacial score (nSPS) is 24.4. The first kappa shape index (κ1) is 15.4. The lowest BCUT2D eigenvalue weighted by atomic mass is 9.80. The second-order valence-electron chi connectivity index (χ2n) is 4.92. The largest absolute Gasteiger partial charge is 0.383 e. The van der Waals surface area contributed by atoms with Crippen molar-refractivity contribution in [3.8, 4) is 0 Å². The molecule has 18 heavy (non-hydrogen) atoms. The highest BCUT2D eigenvalue weighted by Gasteiger charge is 2.31. The second-order valence-corrected chi connectivity index (χ2v) is 4.92. The minimum atomic E-state index is 0.0373. The summed E-state index contributed by atoms with van der Waals surface area (Å²) < 4.78 is 10.5. The minimum absolute atomic E-state index is 0.0373. The molecule has 0 heterocycles. The van der Waals surface area contributed by atoms with Crippen molar-refractivity contribution < 1.29 is 14.3 Å². The molecule has 0 aromatic carbocycles. The van der Waals surface area contributed by atoms with Gasteiger partial charge in [0.15, 0.2) is 0 Å². The number of hydrogen-bond acceptors (Lipinski definition) is 4. The van der Waals surface area contributed by atoms with E-state index in [1.165, 1.54) is 0 Å². The van der Waals surface area contributed by atoms with Crippen molar-refractivity contribution in [2.75, 3.05) is 26.9 Å². The first-order valence-corrected chi connectivity index (χ1v) is 6.79. The maximum absolute atomic E-state index is 11.8. The van der Waals surface area contributed by atoms with Crippen molar-refractivity contribution >= 4 is 5.91 Å². The fraction of sp³-hybridized carbons (Fsp3) is 0.923. The molecule has 1 rings (SSSR count). The van der Waals surface area contributed by atoms with Gasteiger partial charge in [0.1, 0.15) is 0 Å². The summed E-state index contributed by atoms with van der Waals surface area (Å²) in [7, 11) is 1.63. The summed E-state index contributed by atoms with van der Waals surface area (Å²) in [5, 5.41) is 2.98. The standard InChI is InChI=1S/C13H26N2O3/c1-3-18-12-6-10(7-12)8-13(16)15-11(4-5-14)9-17-2/h10-12H,3-9,14H2,1-2H3,(H,15,16). The average Bonchev–Trinajstić information content (AvgIpc) is 2.27. The zero-order valence-electron chi connectivity index (χ0n) is 11.5. The molecule has 3 N–H and O–H groups in total. The van der Waals surface area contributed by atoms with Gasteiger partial charge in [0.25, 0.3) is 0 Å². The molecule has 0 bridgehead atoms. The summed E-state index contributed by atoms with van der Waals surface area (Å²) in [5.74, 6) is 0.577. The average molecular weight is 258 g/mol. The van der Waals surface area contributed by atoms with Gasteiger partial charge in [-0.25, -0.2) is 0 Å². The number of hydrogen-bond donors (Lipinski definition) is 2. The highest BCUT2D eigenvalue weighted by molar-refractivity contribution is 5.76. The Bertz CT molecular complexity index is 236. The van der Waals surface area contributed by atoms with Crippen molar-refractivity contribution in [1.82, 2.24) is 5.32 Å². The molecule has 1 aliphatic rings. The molecule has 1 saturated carbocycles. The van der Waals surface area contributed by atoms with Gasteiger partial charge in [-0.05, 0) is 38.6 Å². The number of methoxy groups -OCH3 is 1. The van der Waals surface area contributed by atoms with Gasteiger partial charge in [0.2, 0.25) is 5.91 Å². The van der Waals surface area contributed by atoms with Crippen LogP contribution >= 0.6 is 0 Å². The number of ether oxygens (including phenoxy) is 2. The van der Waals surface area contributed by atoms with Crippen molar-refractivity contribution in [2.24, 2.45) is 11.7 Å². The highest BCUT2D eigenvalue weighted by Crippen LogP contribution is 2.32. The molecule has 5 heteroatoms. The van der Waals surface area contributed by atoms with Crippen molar-refractivity contribution in [1.29, 1.82) is 0 Å². The number of nitrogens with two attached hydrogens (primary N) is 1. The molecular formula is C13H26N2O3. The van der Waals surface area contributed by atoms with Crippen LogP contribution in [-0.4, -0.2) is 44.9 Å². The third-order valence-electron chi connectivity index (χ3n) is 3.32. The van der Waals surface area contributed by atoms with Gasteiger partial charge in [-0.15, -0.1) is 0 Å². The van der Waals surface area contributed by atoms with Crippen LogP contribution in [0.4, 0.5) is 0 Å². The number of carbonyl (C=O) groups is 1. The highest BCUT2D eigenvalue weighted by atomic mass is 16.5. The third kappa shape index (κ3) is 5.33. The van der Waals surface area contributed by atoms with Crippen molar-refractivity contribution in [3.05, 3.63) is 0 Å². The lowest BCUT2D eigenvalue weighted by Crippen LogP contribution is -2.42. The van der Waals surface area contributed by atoms with Crippen LogP contribution in [0.1, 0.15) is 32.6 Å². The maximum Gasteiger partial charge on any atom is 0.220 e. The Morgan fingerprint density at radius 3 is 2.78 bits per heavy atom. The molecule has 0 aromatic rings. The Hall–Kier alpha value is -0.650. The first-order chi connectivity index (χ1) is 8.69. The molecule has 0 aromatic heterocycles. The Kier molecular flexibility index (Phi) is 7.23. The summed E-state index contributed by atoms with van der Waals surface area (Å²) in [5.41, 5.74) is 5.50. The maximum atomic E-state index is 11.8. The van der Waals surface area contributed by atoms with E-state index in [-0.39, 0.29) is 11.9 Å². The molecule has 0 spiro atoms. The Labute approximate surface area is 109 Å². The first-order valence-electron chi connectivity index (χ1n) is 6.79. The monoisotopic (exact) mass is 258 g/mol. The van der Waals surface area contributed by atoms with Crippen LogP contribution in [0.5, 0.6) is 0 Å². The van der Waals surface area contributed by atoms with E-state index in [4.69, 9.17) is 15.2 Å². The van der Waals surface area contributed by atoms with Gasteiger partial charge in [-0.3, -0.25) is 4.79 Å². The Morgan fingerprint density at radius 2 is 2.22 bits per heavy atom. The lowest BCUT2D eigenvalue weighted by Gasteiger charge is -2.34. The molecule has 1 unspecified atom stereocenters. The van der Waals surface area contributed by atoms with Gasteiger partial charge in [0.05, 0.1) is 18.8 Å². The summed E-state index contributed by atoms with van der Waals surface area (Å²) in [6.45, 7) is 3.84. The molecule has 1 aliphatic carbocycles. The molecule has 106 valence electrons. The van der Waals surface area contributed by atoms with E-state index in [0.29, 0.717) is 31.6 Å². The van der Waals surface area contributed by atoms with Gasteiger partial charge in [-0.1, -0.05) is 0 Å². The van der Waals surface area contributed by atoms with Crippen LogP contribution in [-0.2, 0) is 14.3 Å². The van der Waals surface area contributed by atoms with Crippen LogP contribution in [0.2, 0.25) is 0 Å². The second kappa shape index (κ2) is 8.45. The van der Waals surface area contributed by atoms with E-state index in [9.17, 15) is 4.79 Å². The lowest BCUT2D eigenvalue weighted by molar-refractivity contribution is -0.125. The Morgan fingerprint density at radius 1 is 1.50 bits per heavy atom. The van der Waals surface area contributed by atoms with E-state index in [1.54, 1.807) is 7.11 Å². The summed E-state index contributed by atoms with van der Waals surface area (Å²) in [4.78, 5) is 11.8. The zero-order chi connectivity index (χ0) is 13.4. The van der Waals surface area contributed by atoms with Crippen LogP contribution in [0.25, 0.3) is 0 Å². The number of amides is 1. The number of carbonyl (C=O) groups excluding carboxylic acids is 1. The van der Waals surface area contributed by atoms with Gasteiger partial charge in [0, 0.05) is 20.1 Å². The quantitative estimate of drug-likeness (QED) is 0.637. The van der Waals surface area contributed by atoms with E-state index < -0.39 is 0 Å². The predicted molar refractivity (Wildman–Crippen MR) is 70.2 cm³/mol. The van der Waals surface area contributed by atoms with Crippen LogP contribution in [0.3, 0.4) is 0 Å². The van der Waals surface area contributed by atoms with E-state index in [0.717, 1.165) is 25.9 Å². The third-order valence-corrected chi connectivity index (χ3v) is 3.32. The van der Waals surface area contributed by atoms with Crippen LogP contribution in [0, 0.1) is 5.92 Å². The molecule has 0 aliphatic heterocycles. The molecular weight excluding hydrogens is 232 g/mol. The summed E-state index contributed by atoms with van der Waals surface area (Å²) >= 11 is 0. The van der Waals surface area contributed by atoms with Gasteiger partial charge >= 0.3 is 0 Å². The van der Waals surface area contributed by atoms with E-state index >= 15 is 0 Å². The minimum Gasteiger partial charge on any atom is -0.383 e. The number of nitrogens with one attached hydrogen (secondary N) is 1. The molecule has 0 radical (unpaired) electrons.